The molecule has 1 N–H and O–H groups in total. The van der Waals surface area contributed by atoms with Crippen LogP contribution >= 0.6 is 11.6 Å². The lowest BCUT2D eigenvalue weighted by molar-refractivity contribution is 0.321. The van der Waals surface area contributed by atoms with Gasteiger partial charge in [0.15, 0.2) is 5.17 Å². The highest BCUT2D eigenvalue weighted by molar-refractivity contribution is 6.70. The molecule has 2 rings (SSSR count). The standard InChI is InChI=1S/C12H10ClNO/c1-8-6-7-11(12(13)14-15)10-5-3-2-4-9(8)10/h2-7,15H,1H3. The predicted molar refractivity (Wildman–Crippen MR) is 62.9 cm³/mol. The van der Waals surface area contributed by atoms with Gasteiger partial charge in [0.1, 0.15) is 0 Å². The van der Waals surface area contributed by atoms with Gasteiger partial charge in [-0.2, -0.15) is 0 Å². The van der Waals surface area contributed by atoms with Crippen LogP contribution in [0.4, 0.5) is 0 Å². The van der Waals surface area contributed by atoms with Gasteiger partial charge in [-0.15, -0.1) is 0 Å². The molecule has 0 heterocycles. The Balaban J connectivity index is 2.83. The smallest absolute Gasteiger partial charge is 0.175 e. The van der Waals surface area contributed by atoms with E-state index in [1.807, 2.05) is 43.3 Å². The summed E-state index contributed by atoms with van der Waals surface area (Å²) in [4.78, 5) is 0. The van der Waals surface area contributed by atoms with Gasteiger partial charge in [-0.05, 0) is 23.3 Å². The molecule has 0 saturated heterocycles. The molecule has 0 saturated carbocycles. The SMILES string of the molecule is Cc1ccc(C(Cl)=NO)c2ccccc12. The number of oxime groups is 1. The molecule has 0 bridgehead atoms. The van der Waals surface area contributed by atoms with Gasteiger partial charge in [0.2, 0.25) is 0 Å². The van der Waals surface area contributed by atoms with Crippen molar-refractivity contribution in [1.82, 2.24) is 0 Å². The Morgan fingerprint density at radius 2 is 1.80 bits per heavy atom. The average Bonchev–Trinajstić information content (AvgIpc) is 2.29. The first-order valence-electron chi connectivity index (χ1n) is 4.60. The minimum absolute atomic E-state index is 0.117. The topological polar surface area (TPSA) is 32.6 Å². The summed E-state index contributed by atoms with van der Waals surface area (Å²) >= 11 is 5.82. The number of nitrogens with zero attached hydrogens (tertiary/aromatic N) is 1. The van der Waals surface area contributed by atoms with Crippen LogP contribution in [0.5, 0.6) is 0 Å². The Hall–Kier alpha value is -1.54. The van der Waals surface area contributed by atoms with Crippen molar-refractivity contribution in [2.24, 2.45) is 5.16 Å². The van der Waals surface area contributed by atoms with Crippen LogP contribution in [0, 0.1) is 6.92 Å². The molecule has 2 aromatic rings. The van der Waals surface area contributed by atoms with Crippen LogP contribution in [0.25, 0.3) is 10.8 Å². The Morgan fingerprint density at radius 3 is 2.47 bits per heavy atom. The van der Waals surface area contributed by atoms with Crippen molar-refractivity contribution in [1.29, 1.82) is 0 Å². The zero-order chi connectivity index (χ0) is 10.8. The predicted octanol–water partition coefficient (Wildman–Crippen LogP) is 3.52. The lowest BCUT2D eigenvalue weighted by Crippen LogP contribution is -1.93. The fraction of sp³-hybridized carbons (Fsp3) is 0.0833. The normalized spacial score (nSPS) is 12.0. The number of rotatable bonds is 1. The van der Waals surface area contributed by atoms with E-state index in [0.29, 0.717) is 0 Å². The molecule has 3 heteroatoms. The molecule has 76 valence electrons. The summed E-state index contributed by atoms with van der Waals surface area (Å²) in [6, 6.07) is 11.7. The van der Waals surface area contributed by atoms with Gasteiger partial charge in [-0.3, -0.25) is 0 Å². The minimum atomic E-state index is 0.117. The zero-order valence-corrected chi connectivity index (χ0v) is 8.99. The Morgan fingerprint density at radius 1 is 1.13 bits per heavy atom. The first kappa shape index (κ1) is 9.99. The first-order chi connectivity index (χ1) is 7.24. The largest absolute Gasteiger partial charge is 0.410 e. The van der Waals surface area contributed by atoms with Crippen molar-refractivity contribution >= 4 is 27.5 Å². The van der Waals surface area contributed by atoms with Crippen molar-refractivity contribution in [2.45, 2.75) is 6.92 Å². The van der Waals surface area contributed by atoms with Gasteiger partial charge in [0, 0.05) is 5.56 Å². The molecule has 0 unspecified atom stereocenters. The summed E-state index contributed by atoms with van der Waals surface area (Å²) in [6.45, 7) is 2.04. The van der Waals surface area contributed by atoms with Gasteiger partial charge < -0.3 is 5.21 Å². The van der Waals surface area contributed by atoms with E-state index in [4.69, 9.17) is 16.8 Å². The quantitative estimate of drug-likeness (QED) is 0.444. The van der Waals surface area contributed by atoms with E-state index in [1.54, 1.807) is 0 Å². The van der Waals surface area contributed by atoms with E-state index in [2.05, 4.69) is 5.16 Å². The van der Waals surface area contributed by atoms with Crippen molar-refractivity contribution in [3.05, 3.63) is 47.5 Å². The molecule has 0 fully saturated rings. The van der Waals surface area contributed by atoms with Crippen molar-refractivity contribution in [2.75, 3.05) is 0 Å². The van der Waals surface area contributed by atoms with Crippen LogP contribution in [0.1, 0.15) is 11.1 Å². The summed E-state index contributed by atoms with van der Waals surface area (Å²) < 4.78 is 0. The van der Waals surface area contributed by atoms with Crippen molar-refractivity contribution < 1.29 is 5.21 Å². The Kier molecular flexibility index (Phi) is 2.60. The van der Waals surface area contributed by atoms with Crippen LogP contribution in [0.3, 0.4) is 0 Å². The number of aryl methyl sites for hydroxylation is 1. The first-order valence-corrected chi connectivity index (χ1v) is 4.98. The van der Waals surface area contributed by atoms with Gasteiger partial charge in [-0.25, -0.2) is 0 Å². The molecule has 0 aromatic heterocycles. The van der Waals surface area contributed by atoms with Crippen LogP contribution < -0.4 is 0 Å². The summed E-state index contributed by atoms with van der Waals surface area (Å²) in [5.41, 5.74) is 1.93. The van der Waals surface area contributed by atoms with Gasteiger partial charge >= 0.3 is 0 Å². The van der Waals surface area contributed by atoms with Crippen LogP contribution in [0.2, 0.25) is 0 Å². The van der Waals surface area contributed by atoms with Crippen LogP contribution in [-0.4, -0.2) is 10.4 Å². The van der Waals surface area contributed by atoms with E-state index < -0.39 is 0 Å². The molecule has 0 spiro atoms. The molecule has 2 aromatic carbocycles. The van der Waals surface area contributed by atoms with Crippen LogP contribution in [-0.2, 0) is 0 Å². The molecular weight excluding hydrogens is 210 g/mol. The monoisotopic (exact) mass is 219 g/mol. The lowest BCUT2D eigenvalue weighted by Gasteiger charge is -2.06. The van der Waals surface area contributed by atoms with E-state index in [9.17, 15) is 0 Å². The number of hydrogen-bond donors (Lipinski definition) is 1. The summed E-state index contributed by atoms with van der Waals surface area (Å²) in [6.07, 6.45) is 0. The Labute approximate surface area is 92.8 Å². The van der Waals surface area contributed by atoms with E-state index in [1.165, 1.54) is 5.56 Å². The second kappa shape index (κ2) is 3.91. The molecular formula is C12H10ClNO. The third kappa shape index (κ3) is 1.68. The number of hydrogen-bond acceptors (Lipinski definition) is 2. The van der Waals surface area contributed by atoms with E-state index >= 15 is 0 Å². The lowest BCUT2D eigenvalue weighted by atomic mass is 10.0. The Bertz CT molecular complexity index is 534. The fourth-order valence-corrected chi connectivity index (χ4v) is 1.85. The zero-order valence-electron chi connectivity index (χ0n) is 8.24. The highest BCUT2D eigenvalue weighted by Crippen LogP contribution is 2.23. The molecule has 0 amide bonds. The minimum Gasteiger partial charge on any atom is -0.410 e. The van der Waals surface area contributed by atoms with Crippen molar-refractivity contribution in [3.8, 4) is 0 Å². The summed E-state index contributed by atoms with van der Waals surface area (Å²) in [5.74, 6) is 0. The molecule has 0 radical (unpaired) electrons. The fourth-order valence-electron chi connectivity index (χ4n) is 1.68. The number of fused-ring (bicyclic) bond motifs is 1. The number of benzene rings is 2. The maximum absolute atomic E-state index is 8.67. The molecule has 0 aliphatic rings. The maximum atomic E-state index is 8.67. The highest BCUT2D eigenvalue weighted by Gasteiger charge is 2.07. The third-order valence-corrected chi connectivity index (χ3v) is 2.73. The van der Waals surface area contributed by atoms with Crippen molar-refractivity contribution in [3.63, 3.8) is 0 Å². The number of halogens is 1. The molecule has 0 aliphatic heterocycles. The summed E-state index contributed by atoms with van der Waals surface area (Å²) in [7, 11) is 0. The van der Waals surface area contributed by atoms with Gasteiger partial charge in [-0.1, -0.05) is 53.2 Å². The summed E-state index contributed by atoms with van der Waals surface area (Å²) in [5, 5.41) is 13.9. The average molecular weight is 220 g/mol. The molecule has 2 nitrogen and oxygen atoms in total. The molecule has 0 atom stereocenters. The second-order valence-electron chi connectivity index (χ2n) is 3.37. The molecule has 0 aliphatic carbocycles. The highest BCUT2D eigenvalue weighted by atomic mass is 35.5. The van der Waals surface area contributed by atoms with Gasteiger partial charge in [0.05, 0.1) is 0 Å². The molecule has 15 heavy (non-hydrogen) atoms. The van der Waals surface area contributed by atoms with E-state index in [-0.39, 0.29) is 5.17 Å². The maximum Gasteiger partial charge on any atom is 0.175 e. The second-order valence-corrected chi connectivity index (χ2v) is 3.72. The van der Waals surface area contributed by atoms with Gasteiger partial charge in [0.25, 0.3) is 0 Å². The van der Waals surface area contributed by atoms with E-state index in [0.717, 1.165) is 16.3 Å². The third-order valence-electron chi connectivity index (χ3n) is 2.45. The van der Waals surface area contributed by atoms with Crippen LogP contribution in [0.15, 0.2) is 41.6 Å².